The second-order valence-corrected chi connectivity index (χ2v) is 3.75. The monoisotopic (exact) mass is 194 g/mol. The van der Waals surface area contributed by atoms with E-state index in [9.17, 15) is 5.11 Å². The minimum absolute atomic E-state index is 0.197. The molecule has 1 aromatic carbocycles. The maximum absolute atomic E-state index is 9.53. The van der Waals surface area contributed by atoms with Gasteiger partial charge in [0.05, 0.1) is 5.69 Å². The third kappa shape index (κ3) is 2.64. The number of anilines is 1. The Kier molecular flexibility index (Phi) is 3.77. The summed E-state index contributed by atoms with van der Waals surface area (Å²) in [5.41, 5.74) is 6.37. The van der Waals surface area contributed by atoms with E-state index in [2.05, 4.69) is 19.2 Å². The highest BCUT2D eigenvalue weighted by atomic mass is 16.3. The van der Waals surface area contributed by atoms with Crippen molar-refractivity contribution in [2.24, 2.45) is 11.7 Å². The number of rotatable bonds is 4. The van der Waals surface area contributed by atoms with Crippen LogP contribution in [0, 0.1) is 5.92 Å². The molecule has 0 aromatic heterocycles. The number of benzene rings is 1. The van der Waals surface area contributed by atoms with Crippen LogP contribution in [-0.4, -0.2) is 17.7 Å². The molecule has 0 saturated heterocycles. The number of nitrogens with two attached hydrogens (primary N) is 1. The Morgan fingerprint density at radius 2 is 2.00 bits per heavy atom. The van der Waals surface area contributed by atoms with Crippen LogP contribution in [0.3, 0.4) is 0 Å². The number of aromatic hydroxyl groups is 1. The van der Waals surface area contributed by atoms with E-state index in [1.54, 1.807) is 12.1 Å². The molecule has 1 rings (SSSR count). The Bertz CT molecular complexity index is 286. The van der Waals surface area contributed by atoms with Crippen LogP contribution in [0.5, 0.6) is 5.75 Å². The Hall–Kier alpha value is -1.22. The molecule has 1 aromatic rings. The van der Waals surface area contributed by atoms with E-state index in [0.29, 0.717) is 12.5 Å². The SMILES string of the molecule is CC(C)C(CN)Nc1ccccc1O. The van der Waals surface area contributed by atoms with Crippen LogP contribution >= 0.6 is 0 Å². The van der Waals surface area contributed by atoms with E-state index >= 15 is 0 Å². The first-order chi connectivity index (χ1) is 6.65. The molecule has 0 heterocycles. The average molecular weight is 194 g/mol. The van der Waals surface area contributed by atoms with E-state index < -0.39 is 0 Å². The number of hydrogen-bond acceptors (Lipinski definition) is 3. The van der Waals surface area contributed by atoms with E-state index in [4.69, 9.17) is 5.73 Å². The second-order valence-electron chi connectivity index (χ2n) is 3.75. The first-order valence-corrected chi connectivity index (χ1v) is 4.89. The van der Waals surface area contributed by atoms with Crippen molar-refractivity contribution in [3.63, 3.8) is 0 Å². The molecule has 1 unspecified atom stereocenters. The molecule has 0 aliphatic rings. The fourth-order valence-electron chi connectivity index (χ4n) is 1.29. The lowest BCUT2D eigenvalue weighted by Gasteiger charge is -2.22. The molecule has 0 aliphatic carbocycles. The summed E-state index contributed by atoms with van der Waals surface area (Å²) in [6.45, 7) is 4.76. The Balaban J connectivity index is 2.72. The summed E-state index contributed by atoms with van der Waals surface area (Å²) in [7, 11) is 0. The van der Waals surface area contributed by atoms with Gasteiger partial charge in [-0.25, -0.2) is 0 Å². The molecule has 0 saturated carbocycles. The molecule has 0 radical (unpaired) electrons. The summed E-state index contributed by atoms with van der Waals surface area (Å²) in [4.78, 5) is 0. The van der Waals surface area contributed by atoms with Gasteiger partial charge in [-0.1, -0.05) is 26.0 Å². The van der Waals surface area contributed by atoms with Gasteiger partial charge in [-0.2, -0.15) is 0 Å². The largest absolute Gasteiger partial charge is 0.506 e. The third-order valence-corrected chi connectivity index (χ3v) is 2.30. The number of nitrogens with one attached hydrogen (secondary N) is 1. The topological polar surface area (TPSA) is 58.3 Å². The molecule has 0 aliphatic heterocycles. The van der Waals surface area contributed by atoms with Crippen molar-refractivity contribution in [1.29, 1.82) is 0 Å². The summed E-state index contributed by atoms with van der Waals surface area (Å²) < 4.78 is 0. The number of hydrogen-bond donors (Lipinski definition) is 3. The maximum Gasteiger partial charge on any atom is 0.138 e. The van der Waals surface area contributed by atoms with Crippen molar-refractivity contribution in [2.45, 2.75) is 19.9 Å². The number of para-hydroxylation sites is 2. The van der Waals surface area contributed by atoms with Gasteiger partial charge in [0.1, 0.15) is 5.75 Å². The lowest BCUT2D eigenvalue weighted by atomic mass is 10.0. The van der Waals surface area contributed by atoms with Gasteiger partial charge in [0.15, 0.2) is 0 Å². The normalized spacial score (nSPS) is 12.9. The Labute approximate surface area is 84.9 Å². The van der Waals surface area contributed by atoms with Crippen LogP contribution in [0.1, 0.15) is 13.8 Å². The van der Waals surface area contributed by atoms with Gasteiger partial charge >= 0.3 is 0 Å². The zero-order chi connectivity index (χ0) is 10.6. The molecule has 0 amide bonds. The number of phenols is 1. The highest BCUT2D eigenvalue weighted by Crippen LogP contribution is 2.23. The highest BCUT2D eigenvalue weighted by Gasteiger charge is 2.11. The van der Waals surface area contributed by atoms with Crippen LogP contribution in [-0.2, 0) is 0 Å². The predicted molar refractivity (Wildman–Crippen MR) is 59.4 cm³/mol. The van der Waals surface area contributed by atoms with Gasteiger partial charge in [-0.15, -0.1) is 0 Å². The summed E-state index contributed by atoms with van der Waals surface area (Å²) in [6.07, 6.45) is 0. The fourth-order valence-corrected chi connectivity index (χ4v) is 1.29. The van der Waals surface area contributed by atoms with Crippen molar-refractivity contribution in [3.8, 4) is 5.75 Å². The molecular weight excluding hydrogens is 176 g/mol. The summed E-state index contributed by atoms with van der Waals surface area (Å²) in [5.74, 6) is 0.714. The fraction of sp³-hybridized carbons (Fsp3) is 0.455. The van der Waals surface area contributed by atoms with Crippen molar-refractivity contribution >= 4 is 5.69 Å². The van der Waals surface area contributed by atoms with Crippen LogP contribution < -0.4 is 11.1 Å². The van der Waals surface area contributed by atoms with E-state index in [0.717, 1.165) is 5.69 Å². The number of phenolic OH excluding ortho intramolecular Hbond substituents is 1. The lowest BCUT2D eigenvalue weighted by molar-refractivity contribution is 0.472. The van der Waals surface area contributed by atoms with Crippen LogP contribution in [0.2, 0.25) is 0 Å². The molecule has 14 heavy (non-hydrogen) atoms. The van der Waals surface area contributed by atoms with Gasteiger partial charge in [0, 0.05) is 12.6 Å². The highest BCUT2D eigenvalue weighted by molar-refractivity contribution is 5.55. The summed E-state index contributed by atoms with van der Waals surface area (Å²) >= 11 is 0. The minimum atomic E-state index is 0.197. The van der Waals surface area contributed by atoms with Crippen molar-refractivity contribution < 1.29 is 5.11 Å². The van der Waals surface area contributed by atoms with Gasteiger partial charge in [-0.05, 0) is 18.1 Å². The maximum atomic E-state index is 9.53. The zero-order valence-electron chi connectivity index (χ0n) is 8.70. The summed E-state index contributed by atoms with van der Waals surface area (Å²) in [5, 5.41) is 12.8. The molecule has 1 atom stereocenters. The standard InChI is InChI=1S/C11H18N2O/c1-8(2)10(7-12)13-9-5-3-4-6-11(9)14/h3-6,8,10,13-14H,7,12H2,1-2H3. The quantitative estimate of drug-likeness (QED) is 0.640. The van der Waals surface area contributed by atoms with Crippen LogP contribution in [0.15, 0.2) is 24.3 Å². The molecule has 3 heteroatoms. The van der Waals surface area contributed by atoms with Gasteiger partial charge in [0.2, 0.25) is 0 Å². The lowest BCUT2D eigenvalue weighted by Crippen LogP contribution is -2.33. The minimum Gasteiger partial charge on any atom is -0.506 e. The van der Waals surface area contributed by atoms with Crippen molar-refractivity contribution in [2.75, 3.05) is 11.9 Å². The first kappa shape index (κ1) is 10.9. The van der Waals surface area contributed by atoms with E-state index in [-0.39, 0.29) is 11.8 Å². The smallest absolute Gasteiger partial charge is 0.138 e. The molecule has 78 valence electrons. The van der Waals surface area contributed by atoms with Gasteiger partial charge in [-0.3, -0.25) is 0 Å². The van der Waals surface area contributed by atoms with Crippen LogP contribution in [0.4, 0.5) is 5.69 Å². The van der Waals surface area contributed by atoms with E-state index in [1.807, 2.05) is 12.1 Å². The molecule has 0 spiro atoms. The van der Waals surface area contributed by atoms with E-state index in [1.165, 1.54) is 0 Å². The van der Waals surface area contributed by atoms with Crippen molar-refractivity contribution in [1.82, 2.24) is 0 Å². The average Bonchev–Trinajstić information content (AvgIpc) is 2.16. The summed E-state index contributed by atoms with van der Waals surface area (Å²) in [6, 6.07) is 7.39. The molecule has 0 bridgehead atoms. The first-order valence-electron chi connectivity index (χ1n) is 4.89. The Morgan fingerprint density at radius 3 is 2.50 bits per heavy atom. The molecule has 4 N–H and O–H groups in total. The van der Waals surface area contributed by atoms with Gasteiger partial charge < -0.3 is 16.2 Å². The second kappa shape index (κ2) is 4.86. The molecule has 3 nitrogen and oxygen atoms in total. The third-order valence-electron chi connectivity index (χ3n) is 2.30. The Morgan fingerprint density at radius 1 is 1.36 bits per heavy atom. The molecular formula is C11H18N2O. The van der Waals surface area contributed by atoms with Crippen LogP contribution in [0.25, 0.3) is 0 Å². The zero-order valence-corrected chi connectivity index (χ0v) is 8.70. The molecule has 0 fully saturated rings. The predicted octanol–water partition coefficient (Wildman–Crippen LogP) is 1.79. The van der Waals surface area contributed by atoms with Crippen molar-refractivity contribution in [3.05, 3.63) is 24.3 Å². The van der Waals surface area contributed by atoms with Gasteiger partial charge in [0.25, 0.3) is 0 Å².